The van der Waals surface area contributed by atoms with Gasteiger partial charge in [-0.15, -0.1) is 5.10 Å². The van der Waals surface area contributed by atoms with Gasteiger partial charge in [-0.3, -0.25) is 4.79 Å². The SMILES string of the molecule is Nc1nc(N2CCCCC2)nn1C(=O)CC1C=CCC1. The molecule has 20 heavy (non-hydrogen) atoms. The summed E-state index contributed by atoms with van der Waals surface area (Å²) in [5.74, 6) is 1.06. The van der Waals surface area contributed by atoms with E-state index in [1.54, 1.807) is 0 Å². The summed E-state index contributed by atoms with van der Waals surface area (Å²) in [6.45, 7) is 1.89. The van der Waals surface area contributed by atoms with Crippen LogP contribution in [0.25, 0.3) is 0 Å². The molecule has 6 nitrogen and oxygen atoms in total. The first-order valence-corrected chi connectivity index (χ1v) is 7.41. The highest BCUT2D eigenvalue weighted by molar-refractivity contribution is 5.81. The molecule has 6 heteroatoms. The number of hydrogen-bond donors (Lipinski definition) is 1. The lowest BCUT2D eigenvalue weighted by atomic mass is 10.1. The van der Waals surface area contributed by atoms with E-state index in [1.165, 1.54) is 11.1 Å². The van der Waals surface area contributed by atoms with Crippen LogP contribution in [0, 0.1) is 5.92 Å². The molecule has 1 aliphatic heterocycles. The maximum Gasteiger partial charge on any atom is 0.250 e. The minimum Gasteiger partial charge on any atom is -0.368 e. The Morgan fingerprint density at radius 2 is 2.15 bits per heavy atom. The number of aromatic nitrogens is 3. The molecule has 2 N–H and O–H groups in total. The molecular weight excluding hydrogens is 254 g/mol. The molecule has 1 atom stereocenters. The van der Waals surface area contributed by atoms with E-state index in [9.17, 15) is 4.79 Å². The maximum atomic E-state index is 12.2. The summed E-state index contributed by atoms with van der Waals surface area (Å²) in [7, 11) is 0. The fourth-order valence-corrected chi connectivity index (χ4v) is 2.90. The van der Waals surface area contributed by atoms with Gasteiger partial charge in [0.15, 0.2) is 0 Å². The third-order valence-electron chi connectivity index (χ3n) is 4.05. The summed E-state index contributed by atoms with van der Waals surface area (Å²) in [4.78, 5) is 18.6. The van der Waals surface area contributed by atoms with Gasteiger partial charge in [0.1, 0.15) is 0 Å². The van der Waals surface area contributed by atoms with Crippen molar-refractivity contribution in [2.45, 2.75) is 38.5 Å². The number of hydrogen-bond acceptors (Lipinski definition) is 5. The molecule has 1 aromatic heterocycles. The average Bonchev–Trinajstić information content (AvgIpc) is 3.09. The Labute approximate surface area is 118 Å². The molecular formula is C14H21N5O. The smallest absolute Gasteiger partial charge is 0.250 e. The number of piperidine rings is 1. The van der Waals surface area contributed by atoms with Crippen molar-refractivity contribution in [3.63, 3.8) is 0 Å². The first-order chi connectivity index (χ1) is 9.74. The quantitative estimate of drug-likeness (QED) is 0.852. The molecule has 0 saturated carbocycles. The predicted molar refractivity (Wildman–Crippen MR) is 77.6 cm³/mol. The fraction of sp³-hybridized carbons (Fsp3) is 0.643. The largest absolute Gasteiger partial charge is 0.368 e. The minimum atomic E-state index is -0.0604. The van der Waals surface area contributed by atoms with Crippen molar-refractivity contribution in [1.29, 1.82) is 0 Å². The Balaban J connectivity index is 1.70. The number of nitrogens with zero attached hydrogens (tertiary/aromatic N) is 4. The number of allylic oxidation sites excluding steroid dienone is 2. The van der Waals surface area contributed by atoms with Crippen LogP contribution in [0.4, 0.5) is 11.9 Å². The zero-order chi connectivity index (χ0) is 13.9. The summed E-state index contributed by atoms with van der Waals surface area (Å²) < 4.78 is 1.27. The van der Waals surface area contributed by atoms with Crippen LogP contribution in [0.2, 0.25) is 0 Å². The highest BCUT2D eigenvalue weighted by Gasteiger charge is 2.22. The van der Waals surface area contributed by atoms with E-state index >= 15 is 0 Å². The number of anilines is 2. The van der Waals surface area contributed by atoms with E-state index in [0.29, 0.717) is 18.3 Å². The molecule has 1 fully saturated rings. The van der Waals surface area contributed by atoms with Crippen molar-refractivity contribution in [2.75, 3.05) is 23.7 Å². The Bertz CT molecular complexity index is 516. The van der Waals surface area contributed by atoms with E-state index in [-0.39, 0.29) is 11.9 Å². The number of nitrogen functional groups attached to an aromatic ring is 1. The van der Waals surface area contributed by atoms with Crippen LogP contribution >= 0.6 is 0 Å². The van der Waals surface area contributed by atoms with Crippen LogP contribution in [-0.4, -0.2) is 33.8 Å². The molecule has 0 aromatic carbocycles. The molecule has 0 amide bonds. The zero-order valence-corrected chi connectivity index (χ0v) is 11.7. The normalized spacial score (nSPS) is 22.4. The van der Waals surface area contributed by atoms with Crippen LogP contribution in [0.5, 0.6) is 0 Å². The number of rotatable bonds is 3. The van der Waals surface area contributed by atoms with Crippen molar-refractivity contribution in [3.8, 4) is 0 Å². The lowest BCUT2D eigenvalue weighted by Gasteiger charge is -2.24. The summed E-state index contributed by atoms with van der Waals surface area (Å²) in [5, 5.41) is 4.31. The standard InChI is InChI=1S/C14H21N5O/c15-13-16-14(18-8-4-1-5-9-18)17-19(13)12(20)10-11-6-2-3-7-11/h2,6,11H,1,3-5,7-10H2,(H2,15,16,17). The van der Waals surface area contributed by atoms with Crippen LogP contribution in [0.15, 0.2) is 12.2 Å². The Hall–Kier alpha value is -1.85. The van der Waals surface area contributed by atoms with Crippen LogP contribution < -0.4 is 10.6 Å². The van der Waals surface area contributed by atoms with Crippen LogP contribution in [-0.2, 0) is 0 Å². The molecule has 0 bridgehead atoms. The molecule has 0 spiro atoms. The highest BCUT2D eigenvalue weighted by Crippen LogP contribution is 2.22. The van der Waals surface area contributed by atoms with Crippen molar-refractivity contribution in [2.24, 2.45) is 5.92 Å². The van der Waals surface area contributed by atoms with E-state index in [2.05, 4.69) is 27.1 Å². The van der Waals surface area contributed by atoms with Gasteiger partial charge in [-0.1, -0.05) is 12.2 Å². The summed E-state index contributed by atoms with van der Waals surface area (Å²) in [5.41, 5.74) is 5.85. The highest BCUT2D eigenvalue weighted by atomic mass is 16.2. The fourth-order valence-electron chi connectivity index (χ4n) is 2.90. The second kappa shape index (κ2) is 5.64. The number of carbonyl (C=O) groups is 1. The van der Waals surface area contributed by atoms with E-state index in [4.69, 9.17) is 5.73 Å². The van der Waals surface area contributed by atoms with Gasteiger partial charge in [-0.05, 0) is 38.0 Å². The van der Waals surface area contributed by atoms with Crippen LogP contribution in [0.3, 0.4) is 0 Å². The molecule has 1 aromatic rings. The molecule has 0 radical (unpaired) electrons. The minimum absolute atomic E-state index is 0.0604. The van der Waals surface area contributed by atoms with Gasteiger partial charge in [0.05, 0.1) is 0 Å². The molecule has 1 saturated heterocycles. The number of carbonyl (C=O) groups excluding carboxylic acids is 1. The lowest BCUT2D eigenvalue weighted by Crippen LogP contribution is -2.30. The first-order valence-electron chi connectivity index (χ1n) is 7.41. The molecule has 108 valence electrons. The zero-order valence-electron chi connectivity index (χ0n) is 11.7. The third-order valence-corrected chi connectivity index (χ3v) is 4.05. The number of nitrogens with two attached hydrogens (primary N) is 1. The first kappa shape index (κ1) is 13.1. The van der Waals surface area contributed by atoms with Crippen LogP contribution in [0.1, 0.15) is 43.3 Å². The van der Waals surface area contributed by atoms with Crippen molar-refractivity contribution in [1.82, 2.24) is 14.8 Å². The Kier molecular flexibility index (Phi) is 3.71. The average molecular weight is 275 g/mol. The molecule has 3 rings (SSSR count). The van der Waals surface area contributed by atoms with E-state index in [0.717, 1.165) is 38.8 Å². The summed E-state index contributed by atoms with van der Waals surface area (Å²) in [6, 6.07) is 0. The predicted octanol–water partition coefficient (Wildman–Crippen LogP) is 1.85. The third kappa shape index (κ3) is 2.69. The monoisotopic (exact) mass is 275 g/mol. The Morgan fingerprint density at radius 1 is 1.35 bits per heavy atom. The van der Waals surface area contributed by atoms with E-state index in [1.807, 2.05) is 0 Å². The van der Waals surface area contributed by atoms with Gasteiger partial charge >= 0.3 is 0 Å². The Morgan fingerprint density at radius 3 is 2.85 bits per heavy atom. The molecule has 2 heterocycles. The second-order valence-corrected chi connectivity index (χ2v) is 5.59. The van der Waals surface area contributed by atoms with Gasteiger partial charge < -0.3 is 10.6 Å². The lowest BCUT2D eigenvalue weighted by molar-refractivity contribution is 0.0875. The second-order valence-electron chi connectivity index (χ2n) is 5.59. The van der Waals surface area contributed by atoms with Gasteiger partial charge in [0, 0.05) is 19.5 Å². The van der Waals surface area contributed by atoms with Gasteiger partial charge in [0.2, 0.25) is 11.9 Å². The van der Waals surface area contributed by atoms with Gasteiger partial charge in [-0.25, -0.2) is 0 Å². The molecule has 1 unspecified atom stereocenters. The molecule has 1 aliphatic carbocycles. The van der Waals surface area contributed by atoms with Crippen molar-refractivity contribution >= 4 is 17.8 Å². The van der Waals surface area contributed by atoms with Gasteiger partial charge in [0.25, 0.3) is 5.91 Å². The van der Waals surface area contributed by atoms with E-state index < -0.39 is 0 Å². The molecule has 2 aliphatic rings. The van der Waals surface area contributed by atoms with Gasteiger partial charge in [-0.2, -0.15) is 9.67 Å². The summed E-state index contributed by atoms with van der Waals surface area (Å²) >= 11 is 0. The van der Waals surface area contributed by atoms with Crippen molar-refractivity contribution < 1.29 is 4.79 Å². The maximum absolute atomic E-state index is 12.2. The summed E-state index contributed by atoms with van der Waals surface area (Å²) in [6.07, 6.45) is 10.3. The topological polar surface area (TPSA) is 77.0 Å². The van der Waals surface area contributed by atoms with Crippen molar-refractivity contribution in [3.05, 3.63) is 12.2 Å².